The van der Waals surface area contributed by atoms with Crippen LogP contribution in [0.3, 0.4) is 0 Å². The second-order valence-electron chi connectivity index (χ2n) is 14.4. The zero-order valence-corrected chi connectivity index (χ0v) is 29.9. The Hall–Kier alpha value is -3.02. The van der Waals surface area contributed by atoms with Gasteiger partial charge in [0.15, 0.2) is 0 Å². The Morgan fingerprint density at radius 2 is 1.71 bits per heavy atom. The smallest absolute Gasteiger partial charge is 0.313 e. The number of esters is 1. The average Bonchev–Trinajstić information content (AvgIpc) is 3.68. The first-order chi connectivity index (χ1) is 23.0. The van der Waals surface area contributed by atoms with Crippen molar-refractivity contribution in [3.8, 4) is 0 Å². The van der Waals surface area contributed by atoms with E-state index in [0.717, 1.165) is 37.7 Å². The number of likely N-dealkylation sites (N-methyl/N-ethyl adjacent to an activating group) is 1. The number of cyclic esters (lactones) is 1. The molecule has 1 spiro atoms. The van der Waals surface area contributed by atoms with Gasteiger partial charge in [0.2, 0.25) is 17.7 Å². The van der Waals surface area contributed by atoms with Gasteiger partial charge in [-0.05, 0) is 43.7 Å². The summed E-state index contributed by atoms with van der Waals surface area (Å²) in [5.74, 6) is -3.58. The highest BCUT2D eigenvalue weighted by atomic mass is 79.9. The maximum absolute atomic E-state index is 15.1. The molecule has 3 fully saturated rings. The van der Waals surface area contributed by atoms with Crippen LogP contribution < -0.4 is 0 Å². The van der Waals surface area contributed by atoms with Gasteiger partial charge in [-0.15, -0.1) is 0 Å². The minimum absolute atomic E-state index is 0.0240. The van der Waals surface area contributed by atoms with Crippen LogP contribution in [0.5, 0.6) is 0 Å². The standard InChI is InChI=1S/C37H48BrN3O7/c1-22(2)27(21-42)41-33-35(45)40(25-16-10-6-11-17-25)19-13-7-12-18-28(43)39(4)23(3)31(24-14-8-5-9-15-24)47-36(46)29-30(34(41)44)37(33)20-26(38)32(29)48-37/h5,7-9,13-15,20,22-23,25,27,29-33,42H,6,10-12,16-19,21H2,1-4H3/b13-7-/t23-,27+,29+,30-,31+,32+,33+,37-/m1/s1. The summed E-state index contributed by atoms with van der Waals surface area (Å²) in [5, 5.41) is 10.7. The third-order valence-corrected chi connectivity index (χ3v) is 12.0. The molecule has 48 heavy (non-hydrogen) atoms. The van der Waals surface area contributed by atoms with E-state index < -0.39 is 59.6 Å². The molecule has 0 radical (unpaired) electrons. The fourth-order valence-corrected chi connectivity index (χ4v) is 9.30. The molecule has 0 aromatic heterocycles. The number of carbonyl (C=O) groups is 4. The SMILES string of the molecule is CC(C)[C@H](CO)N1C(=O)[C@H]2[C@@H]3C(=O)O[C@H](c4ccccc4)[C@@H](C)N(C)C(=O)CC/C=C\CN(C4CCCCC4)C(=O)[C@H]1[C@@]21C=C(Br)[C@@H]3O1. The van der Waals surface area contributed by atoms with Crippen LogP contribution in [0, 0.1) is 17.8 Å². The van der Waals surface area contributed by atoms with Crippen molar-refractivity contribution in [3.63, 3.8) is 0 Å². The number of rotatable bonds is 5. The van der Waals surface area contributed by atoms with Crippen molar-refractivity contribution in [2.45, 2.75) is 108 Å². The molecule has 1 aromatic rings. The van der Waals surface area contributed by atoms with Crippen LogP contribution in [0.2, 0.25) is 0 Å². The van der Waals surface area contributed by atoms with Gasteiger partial charge in [0.1, 0.15) is 29.8 Å². The first-order valence-electron chi connectivity index (χ1n) is 17.5. The van der Waals surface area contributed by atoms with E-state index in [9.17, 15) is 19.5 Å². The van der Waals surface area contributed by atoms with Crippen LogP contribution in [0.25, 0.3) is 0 Å². The third-order valence-electron chi connectivity index (χ3n) is 11.3. The molecule has 5 bridgehead atoms. The average molecular weight is 727 g/mol. The summed E-state index contributed by atoms with van der Waals surface area (Å²) in [4.78, 5) is 62.8. The lowest BCUT2D eigenvalue weighted by Crippen LogP contribution is -2.61. The summed E-state index contributed by atoms with van der Waals surface area (Å²) in [6, 6.07) is 7.02. The molecule has 260 valence electrons. The van der Waals surface area contributed by atoms with Crippen molar-refractivity contribution < 1.29 is 33.8 Å². The highest BCUT2D eigenvalue weighted by Crippen LogP contribution is 2.59. The van der Waals surface area contributed by atoms with E-state index in [-0.39, 0.29) is 36.8 Å². The molecule has 2 saturated heterocycles. The van der Waals surface area contributed by atoms with Gasteiger partial charge < -0.3 is 29.3 Å². The van der Waals surface area contributed by atoms with Crippen LogP contribution in [0.4, 0.5) is 0 Å². The molecule has 1 aromatic carbocycles. The normalized spacial score (nSPS) is 34.8. The number of amides is 3. The molecule has 6 rings (SSSR count). The molecule has 1 aliphatic carbocycles. The first kappa shape index (κ1) is 34.8. The molecule has 3 amide bonds. The van der Waals surface area contributed by atoms with E-state index in [0.29, 0.717) is 17.4 Å². The lowest BCUT2D eigenvalue weighted by Gasteiger charge is -2.42. The van der Waals surface area contributed by atoms with Crippen molar-refractivity contribution in [1.29, 1.82) is 0 Å². The molecular formula is C37H48BrN3O7. The number of benzene rings is 1. The highest BCUT2D eigenvalue weighted by molar-refractivity contribution is 9.11. The van der Waals surface area contributed by atoms with Crippen LogP contribution in [0.15, 0.2) is 53.0 Å². The van der Waals surface area contributed by atoms with Gasteiger partial charge >= 0.3 is 5.97 Å². The topological polar surface area (TPSA) is 117 Å². The number of nitrogens with zero attached hydrogens (tertiary/aromatic N) is 3. The number of ether oxygens (including phenoxy) is 2. The van der Waals surface area contributed by atoms with Crippen LogP contribution in [0.1, 0.15) is 77.4 Å². The number of carbonyl (C=O) groups excluding carboxylic acids is 4. The predicted octanol–water partition coefficient (Wildman–Crippen LogP) is 4.52. The Bertz CT molecular complexity index is 1460. The van der Waals surface area contributed by atoms with Crippen LogP contribution in [-0.2, 0) is 28.7 Å². The van der Waals surface area contributed by atoms with E-state index in [1.807, 2.05) is 74.2 Å². The van der Waals surface area contributed by atoms with Gasteiger partial charge in [-0.1, -0.05) is 91.5 Å². The Morgan fingerprint density at radius 3 is 2.38 bits per heavy atom. The number of likely N-dealkylation sites (tertiary alicyclic amines) is 1. The third kappa shape index (κ3) is 5.93. The minimum atomic E-state index is -1.42. The van der Waals surface area contributed by atoms with Gasteiger partial charge in [0, 0.05) is 30.5 Å². The second kappa shape index (κ2) is 14.1. The monoisotopic (exact) mass is 725 g/mol. The lowest BCUT2D eigenvalue weighted by molar-refractivity contribution is -0.164. The largest absolute Gasteiger partial charge is 0.455 e. The maximum Gasteiger partial charge on any atom is 0.313 e. The van der Waals surface area contributed by atoms with Crippen molar-refractivity contribution in [2.75, 3.05) is 20.2 Å². The number of aliphatic hydroxyl groups is 1. The summed E-state index contributed by atoms with van der Waals surface area (Å²) in [6.07, 6.45) is 9.65. The molecule has 1 N–H and O–H groups in total. The van der Waals surface area contributed by atoms with Crippen molar-refractivity contribution in [2.24, 2.45) is 17.8 Å². The van der Waals surface area contributed by atoms with E-state index in [1.54, 1.807) is 11.9 Å². The lowest BCUT2D eigenvalue weighted by atomic mass is 9.74. The van der Waals surface area contributed by atoms with Crippen molar-refractivity contribution >= 4 is 39.6 Å². The van der Waals surface area contributed by atoms with E-state index in [4.69, 9.17) is 9.47 Å². The molecule has 11 heteroatoms. The van der Waals surface area contributed by atoms with Crippen LogP contribution in [-0.4, -0.2) is 99.6 Å². The highest BCUT2D eigenvalue weighted by Gasteiger charge is 2.75. The van der Waals surface area contributed by atoms with Gasteiger partial charge in [0.25, 0.3) is 0 Å². The number of fused-ring (bicyclic) bond motifs is 2. The number of halogens is 1. The van der Waals surface area contributed by atoms with Gasteiger partial charge in [-0.25, -0.2) is 0 Å². The fraction of sp³-hybridized carbons (Fsp3) is 0.622. The Labute approximate surface area is 291 Å². The van der Waals surface area contributed by atoms with Crippen molar-refractivity contribution in [3.05, 3.63) is 58.6 Å². The number of allylic oxidation sites excluding steroid dienone is 1. The molecule has 0 unspecified atom stereocenters. The Morgan fingerprint density at radius 1 is 1.00 bits per heavy atom. The predicted molar refractivity (Wildman–Crippen MR) is 182 cm³/mol. The summed E-state index contributed by atoms with van der Waals surface area (Å²) < 4.78 is 13.6. The van der Waals surface area contributed by atoms with E-state index in [2.05, 4.69) is 15.9 Å². The second-order valence-corrected chi connectivity index (χ2v) is 15.3. The number of hydrogen-bond donors (Lipinski definition) is 1. The number of aliphatic hydroxyl groups excluding tert-OH is 1. The molecule has 1 saturated carbocycles. The molecule has 4 heterocycles. The Kier molecular flexibility index (Phi) is 10.2. The van der Waals surface area contributed by atoms with Crippen LogP contribution >= 0.6 is 15.9 Å². The summed E-state index contributed by atoms with van der Waals surface area (Å²) in [5.41, 5.74) is -0.700. The maximum atomic E-state index is 15.1. The molecular weight excluding hydrogens is 678 g/mol. The van der Waals surface area contributed by atoms with Gasteiger partial charge in [-0.2, -0.15) is 0 Å². The van der Waals surface area contributed by atoms with Gasteiger partial charge in [-0.3, -0.25) is 19.2 Å². The Balaban J connectivity index is 1.49. The molecule has 8 atom stereocenters. The number of hydrogen-bond acceptors (Lipinski definition) is 7. The first-order valence-corrected chi connectivity index (χ1v) is 18.3. The summed E-state index contributed by atoms with van der Waals surface area (Å²) in [6.45, 7) is 5.68. The van der Waals surface area contributed by atoms with E-state index in [1.165, 1.54) is 4.90 Å². The van der Waals surface area contributed by atoms with Crippen molar-refractivity contribution in [1.82, 2.24) is 14.7 Å². The minimum Gasteiger partial charge on any atom is -0.455 e. The quantitative estimate of drug-likeness (QED) is 0.351. The van der Waals surface area contributed by atoms with Gasteiger partial charge in [0.05, 0.1) is 24.6 Å². The molecule has 5 aliphatic rings. The zero-order valence-electron chi connectivity index (χ0n) is 28.3. The molecule has 10 nitrogen and oxygen atoms in total. The summed E-state index contributed by atoms with van der Waals surface area (Å²) in [7, 11) is 1.72. The zero-order chi connectivity index (χ0) is 34.3. The fourth-order valence-electron chi connectivity index (χ4n) is 8.56. The van der Waals surface area contributed by atoms with E-state index >= 15 is 4.79 Å². The summed E-state index contributed by atoms with van der Waals surface area (Å²) >= 11 is 3.64. The molecule has 4 aliphatic heterocycles.